The Morgan fingerprint density at radius 1 is 0.719 bits per heavy atom. The van der Waals surface area contributed by atoms with E-state index < -0.39 is 34.8 Å². The Bertz CT molecular complexity index is 642. The first-order valence-electron chi connectivity index (χ1n) is 11.2. The summed E-state index contributed by atoms with van der Waals surface area (Å²) >= 11 is 0. The van der Waals surface area contributed by atoms with Crippen molar-refractivity contribution in [2.75, 3.05) is 13.1 Å². The van der Waals surface area contributed by atoms with Crippen molar-refractivity contribution in [1.29, 1.82) is 0 Å². The lowest BCUT2D eigenvalue weighted by atomic mass is 9.89. The van der Waals surface area contributed by atoms with Crippen LogP contribution in [0, 0.1) is 5.41 Å². The molecule has 0 aromatic rings. The molecule has 0 aliphatic rings. The minimum atomic E-state index is -0.809. The fourth-order valence-corrected chi connectivity index (χ4v) is 2.49. The molecule has 0 saturated heterocycles. The molecule has 3 amide bonds. The number of ketones is 1. The van der Waals surface area contributed by atoms with Crippen molar-refractivity contribution in [3.05, 3.63) is 0 Å². The van der Waals surface area contributed by atoms with E-state index in [2.05, 4.69) is 16.0 Å². The summed E-state index contributed by atoms with van der Waals surface area (Å²) in [5.41, 5.74) is -1.74. The molecule has 0 saturated carbocycles. The molecule has 32 heavy (non-hydrogen) atoms. The second kappa shape index (κ2) is 12.6. The number of amides is 3. The third-order valence-electron chi connectivity index (χ3n) is 4.08. The second-order valence-electron chi connectivity index (χ2n) is 10.8. The summed E-state index contributed by atoms with van der Waals surface area (Å²) < 4.78 is 10.4. The number of unbranched alkanes of at least 4 members (excludes halogenated alkanes) is 1. The zero-order chi connectivity index (χ0) is 25.2. The standard InChI is InChI=1S/C23H43N3O6/c1-21(2,3)17(27)13-15-24-18(28)16(26-20(30)32-23(7,8)9)12-10-11-14-25-19(29)31-22(4,5)6/h16H,10-15H2,1-9H3,(H,24,28)(H,25,29)(H,26,30). The summed E-state index contributed by atoms with van der Waals surface area (Å²) in [5.74, 6) is -0.333. The summed E-state index contributed by atoms with van der Waals surface area (Å²) in [6, 6.07) is -0.809. The van der Waals surface area contributed by atoms with E-state index in [1.807, 2.05) is 20.8 Å². The van der Waals surface area contributed by atoms with Gasteiger partial charge in [-0.2, -0.15) is 0 Å². The highest BCUT2D eigenvalue weighted by Crippen LogP contribution is 2.16. The number of carbonyl (C=O) groups is 4. The SMILES string of the molecule is CC(C)(C)OC(=O)NCCCCC(NC(=O)OC(C)(C)C)C(=O)NCCC(=O)C(C)(C)C. The number of hydrogen-bond acceptors (Lipinski definition) is 6. The molecular formula is C23H43N3O6. The van der Waals surface area contributed by atoms with Crippen LogP contribution in [0.1, 0.15) is 88.0 Å². The van der Waals surface area contributed by atoms with Gasteiger partial charge in [0.2, 0.25) is 5.91 Å². The molecule has 9 nitrogen and oxygen atoms in total. The van der Waals surface area contributed by atoms with Gasteiger partial charge < -0.3 is 25.4 Å². The Balaban J connectivity index is 4.69. The van der Waals surface area contributed by atoms with Gasteiger partial charge in [-0.15, -0.1) is 0 Å². The first kappa shape index (κ1) is 29.7. The molecule has 0 radical (unpaired) electrons. The molecular weight excluding hydrogens is 414 g/mol. The van der Waals surface area contributed by atoms with Crippen LogP contribution in [-0.2, 0) is 19.1 Å². The van der Waals surface area contributed by atoms with E-state index in [-0.39, 0.29) is 24.7 Å². The van der Waals surface area contributed by atoms with E-state index in [9.17, 15) is 19.2 Å². The Morgan fingerprint density at radius 3 is 1.75 bits per heavy atom. The highest BCUT2D eigenvalue weighted by Gasteiger charge is 2.25. The maximum absolute atomic E-state index is 12.6. The van der Waals surface area contributed by atoms with Crippen molar-refractivity contribution in [3.8, 4) is 0 Å². The number of nitrogens with one attached hydrogen (secondary N) is 3. The summed E-state index contributed by atoms with van der Waals surface area (Å²) in [6.45, 7) is 16.6. The number of Topliss-reactive ketones (excluding diaryl/α,β-unsaturated/α-hetero) is 1. The van der Waals surface area contributed by atoms with Gasteiger partial charge in [-0.1, -0.05) is 20.8 Å². The molecule has 3 N–H and O–H groups in total. The molecule has 0 aliphatic heterocycles. The molecule has 0 aromatic carbocycles. The van der Waals surface area contributed by atoms with Gasteiger partial charge in [-0.3, -0.25) is 9.59 Å². The average Bonchev–Trinajstić information content (AvgIpc) is 2.56. The molecule has 1 unspecified atom stereocenters. The van der Waals surface area contributed by atoms with Crippen molar-refractivity contribution in [3.63, 3.8) is 0 Å². The summed E-state index contributed by atoms with van der Waals surface area (Å²) in [4.78, 5) is 48.5. The molecule has 0 bridgehead atoms. The second-order valence-corrected chi connectivity index (χ2v) is 10.8. The van der Waals surface area contributed by atoms with Crippen molar-refractivity contribution in [2.45, 2.75) is 105 Å². The van der Waals surface area contributed by atoms with Crippen LogP contribution in [0.4, 0.5) is 9.59 Å². The van der Waals surface area contributed by atoms with Crippen LogP contribution in [0.15, 0.2) is 0 Å². The molecule has 0 aliphatic carbocycles. The number of ether oxygens (including phenoxy) is 2. The molecule has 9 heteroatoms. The van der Waals surface area contributed by atoms with Gasteiger partial charge >= 0.3 is 12.2 Å². The Kier molecular flexibility index (Phi) is 11.7. The highest BCUT2D eigenvalue weighted by atomic mass is 16.6. The third-order valence-corrected chi connectivity index (χ3v) is 4.08. The van der Waals surface area contributed by atoms with Crippen molar-refractivity contribution in [1.82, 2.24) is 16.0 Å². The summed E-state index contributed by atoms with van der Waals surface area (Å²) in [6.07, 6.45) is 0.562. The van der Waals surface area contributed by atoms with Gasteiger partial charge in [0.25, 0.3) is 0 Å². The van der Waals surface area contributed by atoms with Crippen molar-refractivity contribution in [2.24, 2.45) is 5.41 Å². The van der Waals surface area contributed by atoms with Crippen LogP contribution in [-0.4, -0.2) is 54.2 Å². The van der Waals surface area contributed by atoms with Crippen LogP contribution in [0.2, 0.25) is 0 Å². The lowest BCUT2D eigenvalue weighted by molar-refractivity contribution is -0.126. The van der Waals surface area contributed by atoms with E-state index >= 15 is 0 Å². The maximum Gasteiger partial charge on any atom is 0.408 e. The smallest absolute Gasteiger partial charge is 0.408 e. The first-order chi connectivity index (χ1) is 14.4. The van der Waals surface area contributed by atoms with Crippen molar-refractivity contribution < 1.29 is 28.7 Å². The number of rotatable bonds is 10. The van der Waals surface area contributed by atoms with Crippen LogP contribution < -0.4 is 16.0 Å². The normalized spacial score (nSPS) is 13.0. The van der Waals surface area contributed by atoms with E-state index in [1.165, 1.54) is 0 Å². The topological polar surface area (TPSA) is 123 Å². The fraction of sp³-hybridized carbons (Fsp3) is 0.826. The van der Waals surface area contributed by atoms with Gasteiger partial charge in [-0.25, -0.2) is 9.59 Å². The number of hydrogen-bond donors (Lipinski definition) is 3. The van der Waals surface area contributed by atoms with Gasteiger partial charge in [0.1, 0.15) is 23.0 Å². The van der Waals surface area contributed by atoms with E-state index in [1.54, 1.807) is 41.5 Å². The molecule has 0 fully saturated rings. The zero-order valence-corrected chi connectivity index (χ0v) is 21.3. The van der Waals surface area contributed by atoms with Gasteiger partial charge in [0, 0.05) is 24.9 Å². The summed E-state index contributed by atoms with van der Waals surface area (Å²) in [5, 5.41) is 7.98. The number of carbonyl (C=O) groups excluding carboxylic acids is 4. The van der Waals surface area contributed by atoms with Crippen LogP contribution in [0.3, 0.4) is 0 Å². The zero-order valence-electron chi connectivity index (χ0n) is 21.3. The largest absolute Gasteiger partial charge is 0.444 e. The lowest BCUT2D eigenvalue weighted by Crippen LogP contribution is -2.48. The number of alkyl carbamates (subject to hydrolysis) is 2. The third kappa shape index (κ3) is 15.5. The monoisotopic (exact) mass is 457 g/mol. The minimum absolute atomic E-state index is 0.0441. The molecule has 0 spiro atoms. The van der Waals surface area contributed by atoms with Crippen LogP contribution in [0.25, 0.3) is 0 Å². The van der Waals surface area contributed by atoms with E-state index in [0.29, 0.717) is 25.8 Å². The predicted molar refractivity (Wildman–Crippen MR) is 123 cm³/mol. The van der Waals surface area contributed by atoms with Gasteiger partial charge in [-0.05, 0) is 60.8 Å². The first-order valence-corrected chi connectivity index (χ1v) is 11.2. The van der Waals surface area contributed by atoms with Crippen molar-refractivity contribution >= 4 is 23.9 Å². The Labute approximate surface area is 192 Å². The maximum atomic E-state index is 12.6. The van der Waals surface area contributed by atoms with Gasteiger partial charge in [0.05, 0.1) is 0 Å². The highest BCUT2D eigenvalue weighted by molar-refractivity contribution is 5.87. The Hall–Kier alpha value is -2.32. The molecule has 186 valence electrons. The summed E-state index contributed by atoms with van der Waals surface area (Å²) in [7, 11) is 0. The molecule has 1 atom stereocenters. The molecule has 0 aromatic heterocycles. The van der Waals surface area contributed by atoms with Crippen LogP contribution in [0.5, 0.6) is 0 Å². The fourth-order valence-electron chi connectivity index (χ4n) is 2.49. The predicted octanol–water partition coefficient (Wildman–Crippen LogP) is 3.70. The average molecular weight is 458 g/mol. The minimum Gasteiger partial charge on any atom is -0.444 e. The van der Waals surface area contributed by atoms with Crippen LogP contribution >= 0.6 is 0 Å². The Morgan fingerprint density at radius 2 is 1.25 bits per heavy atom. The van der Waals surface area contributed by atoms with E-state index in [4.69, 9.17) is 9.47 Å². The molecule has 0 heterocycles. The van der Waals surface area contributed by atoms with Gasteiger partial charge in [0.15, 0.2) is 0 Å². The van der Waals surface area contributed by atoms with E-state index in [0.717, 1.165) is 0 Å². The lowest BCUT2D eigenvalue weighted by Gasteiger charge is -2.23. The molecule has 0 rings (SSSR count). The quantitative estimate of drug-likeness (QED) is 0.430.